The summed E-state index contributed by atoms with van der Waals surface area (Å²) in [5.74, 6) is 0.352. The van der Waals surface area contributed by atoms with Crippen molar-refractivity contribution in [2.75, 3.05) is 12.2 Å². The molecule has 5 heteroatoms. The molecule has 1 aromatic rings. The summed E-state index contributed by atoms with van der Waals surface area (Å²) in [7, 11) is -3.40. The van der Waals surface area contributed by atoms with Crippen molar-refractivity contribution in [1.29, 1.82) is 0 Å². The Morgan fingerprint density at radius 1 is 1.33 bits per heavy atom. The molecule has 1 fully saturated rings. The molecule has 3 N–H and O–H groups in total. The van der Waals surface area contributed by atoms with Crippen LogP contribution in [0.5, 0.6) is 0 Å². The first kappa shape index (κ1) is 13.7. The second-order valence-corrected chi connectivity index (χ2v) is 7.82. The number of aliphatic hydroxyl groups excluding tert-OH is 1. The van der Waals surface area contributed by atoms with Gasteiger partial charge >= 0.3 is 0 Å². The van der Waals surface area contributed by atoms with Crippen molar-refractivity contribution < 1.29 is 16.3 Å². The third-order valence-electron chi connectivity index (χ3n) is 4.09. The van der Waals surface area contributed by atoms with Crippen LogP contribution >= 0.6 is 0 Å². The SMILES string of the molecule is [2H]C([2H])(N)CC(O)c1cccc(S(=O)(=O)CC2CCCCC2)c1. The van der Waals surface area contributed by atoms with Crippen LogP contribution in [0.25, 0.3) is 0 Å². The Hall–Kier alpha value is -0.910. The number of hydrogen-bond acceptors (Lipinski definition) is 4. The van der Waals surface area contributed by atoms with E-state index in [1.54, 1.807) is 12.1 Å². The summed E-state index contributed by atoms with van der Waals surface area (Å²) in [6, 6.07) is 6.15. The lowest BCUT2D eigenvalue weighted by molar-refractivity contribution is 0.170. The monoisotopic (exact) mass is 313 g/mol. The highest BCUT2D eigenvalue weighted by Gasteiger charge is 2.23. The summed E-state index contributed by atoms with van der Waals surface area (Å²) in [5, 5.41) is 10.1. The molecule has 0 radical (unpaired) electrons. The van der Waals surface area contributed by atoms with Gasteiger partial charge in [-0.1, -0.05) is 31.4 Å². The molecule has 1 unspecified atom stereocenters. The fraction of sp³-hybridized carbons (Fsp3) is 0.625. The maximum atomic E-state index is 12.6. The Morgan fingerprint density at radius 3 is 2.71 bits per heavy atom. The predicted octanol–water partition coefficient (Wildman–Crippen LogP) is 2.42. The lowest BCUT2D eigenvalue weighted by Crippen LogP contribution is -2.19. The quantitative estimate of drug-likeness (QED) is 0.845. The van der Waals surface area contributed by atoms with Gasteiger partial charge in [0.2, 0.25) is 0 Å². The molecule has 21 heavy (non-hydrogen) atoms. The first-order valence-corrected chi connectivity index (χ1v) is 9.12. The summed E-state index contributed by atoms with van der Waals surface area (Å²) in [6.07, 6.45) is 3.86. The molecule has 1 aliphatic rings. The molecule has 0 saturated heterocycles. The van der Waals surface area contributed by atoms with Crippen molar-refractivity contribution in [3.05, 3.63) is 29.8 Å². The zero-order valence-electron chi connectivity index (χ0n) is 14.2. The Bertz CT molecular complexity index is 622. The lowest BCUT2D eigenvalue weighted by atomic mass is 9.91. The zero-order chi connectivity index (χ0) is 17.1. The minimum atomic E-state index is -3.40. The van der Waals surface area contributed by atoms with Gasteiger partial charge < -0.3 is 10.8 Å². The first-order chi connectivity index (χ1) is 10.7. The molecular weight excluding hydrogens is 286 g/mol. The molecule has 0 aliphatic heterocycles. The molecule has 0 heterocycles. The predicted molar refractivity (Wildman–Crippen MR) is 83.7 cm³/mol. The van der Waals surface area contributed by atoms with E-state index in [0.717, 1.165) is 25.7 Å². The van der Waals surface area contributed by atoms with E-state index < -0.39 is 22.4 Å². The minimum Gasteiger partial charge on any atom is -0.388 e. The van der Waals surface area contributed by atoms with Crippen molar-refractivity contribution in [3.8, 4) is 0 Å². The van der Waals surface area contributed by atoms with Crippen molar-refractivity contribution >= 4 is 9.84 Å². The molecule has 1 saturated carbocycles. The van der Waals surface area contributed by atoms with Crippen LogP contribution in [-0.2, 0) is 9.84 Å². The standard InChI is InChI=1S/C16H25NO3S/c17-10-9-16(18)14-7-4-8-15(11-14)21(19,20)12-13-5-2-1-3-6-13/h4,7-8,11,13,16,18H,1-3,5-6,9-10,12,17H2/i10D2. The van der Waals surface area contributed by atoms with E-state index >= 15 is 0 Å². The fourth-order valence-corrected chi connectivity index (χ4v) is 4.65. The number of sulfone groups is 1. The molecule has 0 bridgehead atoms. The summed E-state index contributed by atoms with van der Waals surface area (Å²) >= 11 is 0. The van der Waals surface area contributed by atoms with E-state index in [9.17, 15) is 13.5 Å². The van der Waals surface area contributed by atoms with Crippen LogP contribution in [0, 0.1) is 5.92 Å². The molecule has 118 valence electrons. The number of benzene rings is 1. The van der Waals surface area contributed by atoms with Crippen LogP contribution < -0.4 is 5.73 Å². The van der Waals surface area contributed by atoms with Crippen molar-refractivity contribution in [1.82, 2.24) is 0 Å². The first-order valence-electron chi connectivity index (χ1n) is 8.47. The second kappa shape index (κ2) is 7.38. The van der Waals surface area contributed by atoms with Gasteiger partial charge in [-0.3, -0.25) is 0 Å². The molecule has 0 amide bonds. The van der Waals surface area contributed by atoms with E-state index in [0.29, 0.717) is 5.56 Å². The largest absolute Gasteiger partial charge is 0.388 e. The topological polar surface area (TPSA) is 80.4 Å². The Kier molecular flexibility index (Phi) is 4.83. The summed E-state index contributed by atoms with van der Waals surface area (Å²) < 4.78 is 39.8. The third-order valence-corrected chi connectivity index (χ3v) is 5.98. The van der Waals surface area contributed by atoms with E-state index in [1.807, 2.05) is 0 Å². The highest BCUT2D eigenvalue weighted by Crippen LogP contribution is 2.28. The zero-order valence-corrected chi connectivity index (χ0v) is 13.0. The van der Waals surface area contributed by atoms with Gasteiger partial charge in [-0.05, 0) is 49.4 Å². The minimum absolute atomic E-state index is 0.143. The van der Waals surface area contributed by atoms with E-state index in [1.165, 1.54) is 18.6 Å². The summed E-state index contributed by atoms with van der Waals surface area (Å²) in [6.45, 7) is -2.00. The van der Waals surface area contributed by atoms with Gasteiger partial charge in [-0.2, -0.15) is 0 Å². The molecule has 4 nitrogen and oxygen atoms in total. The average molecular weight is 313 g/mol. The Morgan fingerprint density at radius 2 is 2.05 bits per heavy atom. The van der Waals surface area contributed by atoms with Crippen LogP contribution in [0.1, 0.15) is 52.9 Å². The molecule has 0 spiro atoms. The molecule has 1 aliphatic carbocycles. The summed E-state index contributed by atoms with van der Waals surface area (Å²) in [5.41, 5.74) is 5.66. The molecule has 1 aromatic carbocycles. The van der Waals surface area contributed by atoms with Crippen molar-refractivity contribution in [3.63, 3.8) is 0 Å². The van der Waals surface area contributed by atoms with Gasteiger partial charge in [-0.15, -0.1) is 0 Å². The highest BCUT2D eigenvalue weighted by molar-refractivity contribution is 7.91. The smallest absolute Gasteiger partial charge is 0.178 e. The molecule has 0 aromatic heterocycles. The van der Waals surface area contributed by atoms with Crippen LogP contribution in [0.15, 0.2) is 29.2 Å². The number of hydrogen-bond donors (Lipinski definition) is 2. The maximum Gasteiger partial charge on any atom is 0.178 e. The van der Waals surface area contributed by atoms with Gasteiger partial charge in [0.1, 0.15) is 0 Å². The lowest BCUT2D eigenvalue weighted by Gasteiger charge is -2.21. The number of nitrogens with two attached hydrogens (primary N) is 1. The fourth-order valence-electron chi connectivity index (χ4n) is 2.91. The normalized spacial score (nSPS) is 20.7. The second-order valence-electron chi connectivity index (χ2n) is 5.78. The Labute approximate surface area is 130 Å². The maximum absolute atomic E-state index is 12.6. The van der Waals surface area contributed by atoms with Gasteiger partial charge in [-0.25, -0.2) is 8.42 Å². The summed E-state index contributed by atoms with van der Waals surface area (Å²) in [4.78, 5) is 0.192. The van der Waals surface area contributed by atoms with Crippen LogP contribution in [0.2, 0.25) is 0 Å². The molecule has 1 atom stereocenters. The van der Waals surface area contributed by atoms with E-state index in [4.69, 9.17) is 8.48 Å². The Balaban J connectivity index is 2.14. The van der Waals surface area contributed by atoms with Gasteiger partial charge in [0.25, 0.3) is 0 Å². The van der Waals surface area contributed by atoms with Crippen LogP contribution in [0.3, 0.4) is 0 Å². The molecular formula is C16H25NO3S. The van der Waals surface area contributed by atoms with Crippen molar-refractivity contribution in [2.45, 2.75) is 49.5 Å². The number of rotatable bonds is 6. The van der Waals surface area contributed by atoms with E-state index in [-0.39, 0.29) is 23.0 Å². The highest BCUT2D eigenvalue weighted by atomic mass is 32.2. The molecule has 2 rings (SSSR count). The third kappa shape index (κ3) is 4.53. The number of aliphatic hydroxyl groups is 1. The van der Waals surface area contributed by atoms with Crippen molar-refractivity contribution in [2.24, 2.45) is 11.7 Å². The van der Waals surface area contributed by atoms with E-state index in [2.05, 4.69) is 0 Å². The van der Waals surface area contributed by atoms with Crippen LogP contribution in [0.4, 0.5) is 0 Å². The van der Waals surface area contributed by atoms with Gasteiger partial charge in [0, 0.05) is 2.74 Å². The van der Waals surface area contributed by atoms with Gasteiger partial charge in [0.15, 0.2) is 9.84 Å². The van der Waals surface area contributed by atoms with Crippen LogP contribution in [-0.4, -0.2) is 25.8 Å². The van der Waals surface area contributed by atoms with Gasteiger partial charge in [0.05, 0.1) is 16.8 Å². The average Bonchev–Trinajstić information content (AvgIpc) is 2.46.